The number of nitrogens with two attached hydrogens (primary N) is 1. The number of aromatic nitrogens is 2. The van der Waals surface area contributed by atoms with Gasteiger partial charge in [0.05, 0.1) is 11.4 Å². The van der Waals surface area contributed by atoms with E-state index in [4.69, 9.17) is 5.73 Å². The molecule has 0 saturated carbocycles. The molecule has 0 aliphatic heterocycles. The highest BCUT2D eigenvalue weighted by atomic mass is 15.3. The molecule has 0 saturated heterocycles. The highest BCUT2D eigenvalue weighted by molar-refractivity contribution is 5.08. The van der Waals surface area contributed by atoms with Crippen LogP contribution >= 0.6 is 0 Å². The molecule has 0 aliphatic rings. The summed E-state index contributed by atoms with van der Waals surface area (Å²) in [4.78, 5) is 2.29. The standard InChI is InChI=1S/C11H22N4/c1-9(6-12)7-14(3)8-11-5-10(2)13-15(11)4/h5,9H,6-8,12H2,1-4H3. The predicted molar refractivity (Wildman–Crippen MR) is 62.5 cm³/mol. The van der Waals surface area contributed by atoms with Gasteiger partial charge in [-0.25, -0.2) is 0 Å². The van der Waals surface area contributed by atoms with Crippen LogP contribution in [0.5, 0.6) is 0 Å². The molecule has 1 atom stereocenters. The van der Waals surface area contributed by atoms with Gasteiger partial charge in [-0.05, 0) is 32.5 Å². The van der Waals surface area contributed by atoms with E-state index in [9.17, 15) is 0 Å². The molecule has 1 unspecified atom stereocenters. The maximum atomic E-state index is 5.60. The SMILES string of the molecule is Cc1cc(CN(C)CC(C)CN)n(C)n1. The fourth-order valence-corrected chi connectivity index (χ4v) is 1.76. The summed E-state index contributed by atoms with van der Waals surface area (Å²) in [6, 6.07) is 2.13. The Kier molecular flexibility index (Phi) is 4.29. The van der Waals surface area contributed by atoms with E-state index in [-0.39, 0.29) is 0 Å². The average Bonchev–Trinajstić information content (AvgIpc) is 2.44. The second-order valence-electron chi connectivity index (χ2n) is 4.44. The zero-order valence-corrected chi connectivity index (χ0v) is 10.2. The van der Waals surface area contributed by atoms with Gasteiger partial charge < -0.3 is 10.6 Å². The minimum absolute atomic E-state index is 0.546. The Labute approximate surface area is 92.1 Å². The van der Waals surface area contributed by atoms with E-state index in [0.717, 1.165) is 25.3 Å². The molecule has 86 valence electrons. The van der Waals surface area contributed by atoms with Crippen molar-refractivity contribution < 1.29 is 0 Å². The fourth-order valence-electron chi connectivity index (χ4n) is 1.76. The van der Waals surface area contributed by atoms with Crippen LogP contribution in [0.25, 0.3) is 0 Å². The van der Waals surface area contributed by atoms with Crippen LogP contribution in [0, 0.1) is 12.8 Å². The summed E-state index contributed by atoms with van der Waals surface area (Å²) in [6.45, 7) is 6.90. The molecule has 0 spiro atoms. The van der Waals surface area contributed by atoms with Crippen LogP contribution in [0.15, 0.2) is 6.07 Å². The Balaban J connectivity index is 2.50. The molecule has 4 nitrogen and oxygen atoms in total. The molecule has 0 bridgehead atoms. The molecule has 0 radical (unpaired) electrons. The van der Waals surface area contributed by atoms with Crippen molar-refractivity contribution >= 4 is 0 Å². The molecule has 0 aliphatic carbocycles. The van der Waals surface area contributed by atoms with Gasteiger partial charge in [-0.1, -0.05) is 6.92 Å². The lowest BCUT2D eigenvalue weighted by Crippen LogP contribution is -2.28. The first-order chi connectivity index (χ1) is 7.02. The van der Waals surface area contributed by atoms with E-state index in [0.29, 0.717) is 5.92 Å². The van der Waals surface area contributed by atoms with Crippen molar-refractivity contribution in [2.24, 2.45) is 18.7 Å². The Bertz CT molecular complexity index is 306. The zero-order chi connectivity index (χ0) is 11.4. The van der Waals surface area contributed by atoms with Crippen molar-refractivity contribution in [3.63, 3.8) is 0 Å². The first-order valence-corrected chi connectivity index (χ1v) is 5.41. The molecular formula is C11H22N4. The summed E-state index contributed by atoms with van der Waals surface area (Å²) in [7, 11) is 4.11. The molecule has 0 fully saturated rings. The molecule has 15 heavy (non-hydrogen) atoms. The summed E-state index contributed by atoms with van der Waals surface area (Å²) >= 11 is 0. The van der Waals surface area contributed by atoms with Crippen LogP contribution < -0.4 is 5.73 Å². The molecule has 1 aromatic rings. The summed E-state index contributed by atoms with van der Waals surface area (Å²) in [5.41, 5.74) is 7.93. The van der Waals surface area contributed by atoms with Crippen LogP contribution in [-0.4, -0.2) is 34.8 Å². The first kappa shape index (κ1) is 12.2. The smallest absolute Gasteiger partial charge is 0.0597 e. The minimum atomic E-state index is 0.546. The molecule has 0 amide bonds. The molecule has 0 aromatic carbocycles. The van der Waals surface area contributed by atoms with E-state index < -0.39 is 0 Å². The maximum Gasteiger partial charge on any atom is 0.0597 e. The van der Waals surface area contributed by atoms with E-state index in [1.54, 1.807) is 0 Å². The van der Waals surface area contributed by atoms with E-state index >= 15 is 0 Å². The average molecular weight is 210 g/mol. The van der Waals surface area contributed by atoms with Crippen LogP contribution in [0.2, 0.25) is 0 Å². The first-order valence-electron chi connectivity index (χ1n) is 5.41. The van der Waals surface area contributed by atoms with Crippen molar-refractivity contribution in [1.29, 1.82) is 0 Å². The number of rotatable bonds is 5. The number of hydrogen-bond donors (Lipinski definition) is 1. The maximum absolute atomic E-state index is 5.60. The fraction of sp³-hybridized carbons (Fsp3) is 0.727. The Morgan fingerprint density at radius 1 is 1.60 bits per heavy atom. The van der Waals surface area contributed by atoms with Gasteiger partial charge in [0.15, 0.2) is 0 Å². The van der Waals surface area contributed by atoms with Crippen LogP contribution in [0.3, 0.4) is 0 Å². The molecule has 2 N–H and O–H groups in total. The number of hydrogen-bond acceptors (Lipinski definition) is 3. The summed E-state index contributed by atoms with van der Waals surface area (Å²) in [5, 5.41) is 4.33. The Morgan fingerprint density at radius 2 is 2.27 bits per heavy atom. The van der Waals surface area contributed by atoms with Gasteiger partial charge >= 0.3 is 0 Å². The second kappa shape index (κ2) is 5.28. The van der Waals surface area contributed by atoms with Gasteiger partial charge in [-0.3, -0.25) is 4.68 Å². The van der Waals surface area contributed by atoms with Crippen molar-refractivity contribution in [3.05, 3.63) is 17.5 Å². The lowest BCUT2D eigenvalue weighted by Gasteiger charge is -2.20. The van der Waals surface area contributed by atoms with Crippen molar-refractivity contribution in [2.75, 3.05) is 20.1 Å². The monoisotopic (exact) mass is 210 g/mol. The molecule has 4 heteroatoms. The van der Waals surface area contributed by atoms with E-state index in [1.165, 1.54) is 5.69 Å². The molecule has 1 aromatic heterocycles. The molecular weight excluding hydrogens is 188 g/mol. The van der Waals surface area contributed by atoms with Gasteiger partial charge in [-0.2, -0.15) is 5.10 Å². The minimum Gasteiger partial charge on any atom is -0.330 e. The van der Waals surface area contributed by atoms with Gasteiger partial charge in [0.25, 0.3) is 0 Å². The molecule has 1 heterocycles. The number of aryl methyl sites for hydroxylation is 2. The summed E-state index contributed by atoms with van der Waals surface area (Å²) in [5.74, 6) is 0.546. The van der Waals surface area contributed by atoms with Gasteiger partial charge in [0.2, 0.25) is 0 Å². The lowest BCUT2D eigenvalue weighted by atomic mass is 10.2. The van der Waals surface area contributed by atoms with Crippen molar-refractivity contribution in [1.82, 2.24) is 14.7 Å². The van der Waals surface area contributed by atoms with E-state index in [1.807, 2.05) is 18.7 Å². The van der Waals surface area contributed by atoms with Gasteiger partial charge in [-0.15, -0.1) is 0 Å². The van der Waals surface area contributed by atoms with Crippen molar-refractivity contribution in [2.45, 2.75) is 20.4 Å². The normalized spacial score (nSPS) is 13.5. The number of nitrogens with zero attached hydrogens (tertiary/aromatic N) is 3. The topological polar surface area (TPSA) is 47.1 Å². The van der Waals surface area contributed by atoms with Crippen LogP contribution in [0.1, 0.15) is 18.3 Å². The quantitative estimate of drug-likeness (QED) is 0.780. The third-order valence-electron chi connectivity index (χ3n) is 2.56. The predicted octanol–water partition coefficient (Wildman–Crippen LogP) is 0.755. The zero-order valence-electron chi connectivity index (χ0n) is 10.2. The summed E-state index contributed by atoms with van der Waals surface area (Å²) in [6.07, 6.45) is 0. The lowest BCUT2D eigenvalue weighted by molar-refractivity contribution is 0.275. The Hall–Kier alpha value is -0.870. The summed E-state index contributed by atoms with van der Waals surface area (Å²) < 4.78 is 1.94. The molecule has 1 rings (SSSR count). The van der Waals surface area contributed by atoms with Crippen LogP contribution in [0.4, 0.5) is 0 Å². The highest BCUT2D eigenvalue weighted by Crippen LogP contribution is 2.06. The van der Waals surface area contributed by atoms with Crippen molar-refractivity contribution in [3.8, 4) is 0 Å². The second-order valence-corrected chi connectivity index (χ2v) is 4.44. The third-order valence-corrected chi connectivity index (χ3v) is 2.56. The third kappa shape index (κ3) is 3.64. The van der Waals surface area contributed by atoms with Crippen LogP contribution in [-0.2, 0) is 13.6 Å². The van der Waals surface area contributed by atoms with Gasteiger partial charge in [0.1, 0.15) is 0 Å². The highest BCUT2D eigenvalue weighted by Gasteiger charge is 2.08. The van der Waals surface area contributed by atoms with Gasteiger partial charge in [0, 0.05) is 20.1 Å². The largest absolute Gasteiger partial charge is 0.330 e. The van der Waals surface area contributed by atoms with E-state index in [2.05, 4.69) is 30.0 Å². The Morgan fingerprint density at radius 3 is 2.73 bits per heavy atom.